The summed E-state index contributed by atoms with van der Waals surface area (Å²) < 4.78 is 5.15. The first-order valence-electron chi connectivity index (χ1n) is 8.95. The van der Waals surface area contributed by atoms with Gasteiger partial charge in [-0.3, -0.25) is 14.4 Å². The van der Waals surface area contributed by atoms with Crippen molar-refractivity contribution in [2.24, 2.45) is 0 Å². The Morgan fingerprint density at radius 2 is 2.00 bits per heavy atom. The molecule has 142 valence electrons. The summed E-state index contributed by atoms with van der Waals surface area (Å²) in [6, 6.07) is 7.60. The number of thiophene rings is 1. The fraction of sp³-hybridized carbons (Fsp3) is 0.350. The van der Waals surface area contributed by atoms with Crippen LogP contribution < -0.4 is 10.6 Å². The van der Waals surface area contributed by atoms with Crippen LogP contribution in [0.2, 0.25) is 0 Å². The highest BCUT2D eigenvalue weighted by Crippen LogP contribution is 2.25. The third kappa shape index (κ3) is 5.17. The first-order chi connectivity index (χ1) is 13.0. The predicted molar refractivity (Wildman–Crippen MR) is 104 cm³/mol. The summed E-state index contributed by atoms with van der Waals surface area (Å²) in [4.78, 5) is 35.9. The molecule has 1 heterocycles. The SMILES string of the molecule is C[C@@H](OC(=O)CCNC(=O)c1ccsc1)C(=O)Nc1ccc2c(c1)CCC2. The number of carbonyl (C=O) groups excluding carboxylic acids is 3. The van der Waals surface area contributed by atoms with E-state index in [0.717, 1.165) is 19.3 Å². The second kappa shape index (κ2) is 8.81. The number of esters is 1. The van der Waals surface area contributed by atoms with Crippen LogP contribution in [0.4, 0.5) is 5.69 Å². The number of rotatable bonds is 7. The lowest BCUT2D eigenvalue weighted by molar-refractivity contribution is -0.153. The number of benzene rings is 1. The van der Waals surface area contributed by atoms with Crippen LogP contribution in [-0.4, -0.2) is 30.4 Å². The zero-order chi connectivity index (χ0) is 19.2. The van der Waals surface area contributed by atoms with Crippen molar-refractivity contribution in [2.75, 3.05) is 11.9 Å². The molecule has 2 amide bonds. The zero-order valence-electron chi connectivity index (χ0n) is 15.1. The van der Waals surface area contributed by atoms with Crippen LogP contribution in [0.15, 0.2) is 35.0 Å². The van der Waals surface area contributed by atoms with Gasteiger partial charge in [-0.1, -0.05) is 6.07 Å². The van der Waals surface area contributed by atoms with Gasteiger partial charge in [-0.25, -0.2) is 0 Å². The molecule has 2 aromatic rings. The lowest BCUT2D eigenvalue weighted by atomic mass is 10.1. The Morgan fingerprint density at radius 3 is 2.78 bits per heavy atom. The van der Waals surface area contributed by atoms with Crippen molar-refractivity contribution in [1.29, 1.82) is 0 Å². The number of aryl methyl sites for hydroxylation is 2. The molecule has 1 aliphatic rings. The Balaban J connectivity index is 1.41. The van der Waals surface area contributed by atoms with Crippen molar-refractivity contribution in [3.8, 4) is 0 Å². The van der Waals surface area contributed by atoms with Crippen LogP contribution in [0.25, 0.3) is 0 Å². The minimum atomic E-state index is -0.904. The summed E-state index contributed by atoms with van der Waals surface area (Å²) in [5.41, 5.74) is 3.87. The Bertz CT molecular complexity index is 833. The zero-order valence-corrected chi connectivity index (χ0v) is 15.9. The molecule has 2 N–H and O–H groups in total. The molecule has 0 saturated heterocycles. The van der Waals surface area contributed by atoms with Gasteiger partial charge in [0.1, 0.15) is 0 Å². The summed E-state index contributed by atoms with van der Waals surface area (Å²) in [5.74, 6) is -1.13. The summed E-state index contributed by atoms with van der Waals surface area (Å²) in [6.45, 7) is 1.69. The van der Waals surface area contributed by atoms with E-state index in [1.165, 1.54) is 29.4 Å². The molecule has 7 heteroatoms. The number of fused-ring (bicyclic) bond motifs is 1. The second-order valence-electron chi connectivity index (χ2n) is 6.48. The van der Waals surface area contributed by atoms with Crippen LogP contribution in [-0.2, 0) is 27.2 Å². The van der Waals surface area contributed by atoms with E-state index in [0.29, 0.717) is 11.3 Å². The maximum Gasteiger partial charge on any atom is 0.308 e. The molecule has 0 radical (unpaired) electrons. The van der Waals surface area contributed by atoms with Gasteiger partial charge in [0.05, 0.1) is 6.42 Å². The molecule has 1 aliphatic carbocycles. The van der Waals surface area contributed by atoms with Crippen LogP contribution in [0.5, 0.6) is 0 Å². The van der Waals surface area contributed by atoms with E-state index < -0.39 is 12.1 Å². The van der Waals surface area contributed by atoms with Gasteiger partial charge in [-0.15, -0.1) is 0 Å². The lowest BCUT2D eigenvalue weighted by Crippen LogP contribution is -2.32. The molecule has 3 rings (SSSR count). The van der Waals surface area contributed by atoms with E-state index in [1.807, 2.05) is 23.6 Å². The number of nitrogens with one attached hydrogen (secondary N) is 2. The third-order valence-corrected chi connectivity index (χ3v) is 5.12. The van der Waals surface area contributed by atoms with Crippen LogP contribution >= 0.6 is 11.3 Å². The monoisotopic (exact) mass is 386 g/mol. The van der Waals surface area contributed by atoms with E-state index in [1.54, 1.807) is 11.4 Å². The molecule has 1 aromatic carbocycles. The van der Waals surface area contributed by atoms with E-state index in [2.05, 4.69) is 10.6 Å². The highest BCUT2D eigenvalue weighted by molar-refractivity contribution is 7.08. The highest BCUT2D eigenvalue weighted by atomic mass is 32.1. The summed E-state index contributed by atoms with van der Waals surface area (Å²) in [6.07, 6.45) is 2.36. The maximum absolute atomic E-state index is 12.2. The van der Waals surface area contributed by atoms with Crippen molar-refractivity contribution in [3.63, 3.8) is 0 Å². The molecule has 27 heavy (non-hydrogen) atoms. The number of ether oxygens (including phenoxy) is 1. The minimum absolute atomic E-state index is 0.00629. The fourth-order valence-electron chi connectivity index (χ4n) is 2.98. The van der Waals surface area contributed by atoms with Crippen molar-refractivity contribution >= 4 is 34.8 Å². The van der Waals surface area contributed by atoms with Crippen molar-refractivity contribution in [3.05, 3.63) is 51.7 Å². The van der Waals surface area contributed by atoms with E-state index in [4.69, 9.17) is 4.74 Å². The number of anilines is 1. The Labute approximate surface area is 161 Å². The fourth-order valence-corrected chi connectivity index (χ4v) is 3.61. The smallest absolute Gasteiger partial charge is 0.308 e. The average molecular weight is 386 g/mol. The second-order valence-corrected chi connectivity index (χ2v) is 7.26. The van der Waals surface area contributed by atoms with Gasteiger partial charge in [0.2, 0.25) is 0 Å². The first-order valence-corrected chi connectivity index (χ1v) is 9.90. The summed E-state index contributed by atoms with van der Waals surface area (Å²) >= 11 is 1.43. The van der Waals surface area contributed by atoms with E-state index >= 15 is 0 Å². The van der Waals surface area contributed by atoms with Crippen molar-refractivity contribution in [2.45, 2.75) is 38.7 Å². The number of hydrogen-bond donors (Lipinski definition) is 2. The van der Waals surface area contributed by atoms with Gasteiger partial charge < -0.3 is 15.4 Å². The number of carbonyl (C=O) groups is 3. The van der Waals surface area contributed by atoms with Gasteiger partial charge in [0, 0.05) is 23.2 Å². The van der Waals surface area contributed by atoms with Gasteiger partial charge >= 0.3 is 5.97 Å². The largest absolute Gasteiger partial charge is 0.452 e. The molecule has 6 nitrogen and oxygen atoms in total. The minimum Gasteiger partial charge on any atom is -0.452 e. The van der Waals surface area contributed by atoms with Gasteiger partial charge in [-0.05, 0) is 60.9 Å². The molecular formula is C20H22N2O4S. The van der Waals surface area contributed by atoms with Crippen LogP contribution in [0.3, 0.4) is 0 Å². The molecule has 0 spiro atoms. The molecule has 0 saturated carbocycles. The van der Waals surface area contributed by atoms with Gasteiger partial charge in [0.15, 0.2) is 6.10 Å². The molecule has 0 fully saturated rings. The van der Waals surface area contributed by atoms with Gasteiger partial charge in [0.25, 0.3) is 11.8 Å². The van der Waals surface area contributed by atoms with E-state index in [9.17, 15) is 14.4 Å². The number of hydrogen-bond acceptors (Lipinski definition) is 5. The first kappa shape index (κ1) is 19.1. The summed E-state index contributed by atoms with van der Waals surface area (Å²) in [7, 11) is 0. The molecular weight excluding hydrogens is 364 g/mol. The molecule has 1 aromatic heterocycles. The normalized spacial score (nSPS) is 13.5. The molecule has 1 atom stereocenters. The quantitative estimate of drug-likeness (QED) is 0.717. The van der Waals surface area contributed by atoms with Crippen LogP contribution in [0.1, 0.15) is 41.3 Å². The molecule has 0 bridgehead atoms. The third-order valence-electron chi connectivity index (χ3n) is 4.44. The number of amides is 2. The Kier molecular flexibility index (Phi) is 6.24. The Hall–Kier alpha value is -2.67. The Morgan fingerprint density at radius 1 is 1.19 bits per heavy atom. The van der Waals surface area contributed by atoms with Crippen LogP contribution in [0, 0.1) is 0 Å². The standard InChI is InChI=1S/C20H22N2O4S/c1-13(19(24)22-17-6-5-14-3-2-4-15(14)11-17)26-18(23)7-9-21-20(25)16-8-10-27-12-16/h5-6,8,10-13H,2-4,7,9H2,1H3,(H,21,25)(H,22,24)/t13-/m1/s1. The topological polar surface area (TPSA) is 84.5 Å². The van der Waals surface area contributed by atoms with Crippen molar-refractivity contribution < 1.29 is 19.1 Å². The van der Waals surface area contributed by atoms with Gasteiger partial charge in [-0.2, -0.15) is 11.3 Å². The predicted octanol–water partition coefficient (Wildman–Crippen LogP) is 2.93. The molecule has 0 aliphatic heterocycles. The van der Waals surface area contributed by atoms with Crippen molar-refractivity contribution in [1.82, 2.24) is 5.32 Å². The lowest BCUT2D eigenvalue weighted by Gasteiger charge is -2.14. The average Bonchev–Trinajstić information content (AvgIpc) is 3.32. The summed E-state index contributed by atoms with van der Waals surface area (Å²) in [5, 5.41) is 8.98. The molecule has 0 unspecified atom stereocenters. The van der Waals surface area contributed by atoms with E-state index in [-0.39, 0.29) is 24.8 Å². The maximum atomic E-state index is 12.2. The highest BCUT2D eigenvalue weighted by Gasteiger charge is 2.19.